The topological polar surface area (TPSA) is 17.8 Å². The maximum Gasteiger partial charge on any atom is 0.103 e. The molecule has 0 aromatic carbocycles. The van der Waals surface area contributed by atoms with E-state index in [1.54, 1.807) is 0 Å². The third kappa shape index (κ3) is 0.894. The summed E-state index contributed by atoms with van der Waals surface area (Å²) >= 11 is 3.52. The zero-order chi connectivity index (χ0) is 8.72. The molecule has 2 nitrogen and oxygen atoms in total. The van der Waals surface area contributed by atoms with Crippen LogP contribution in [0.15, 0.2) is 22.8 Å². The van der Waals surface area contributed by atoms with E-state index in [4.69, 9.17) is 0 Å². The SMILES string of the molecule is Cc1c(Br)c2ncccc2n1C. The summed E-state index contributed by atoms with van der Waals surface area (Å²) < 4.78 is 3.23. The maximum atomic E-state index is 4.29. The van der Waals surface area contributed by atoms with Crippen molar-refractivity contribution in [2.75, 3.05) is 0 Å². The van der Waals surface area contributed by atoms with Gasteiger partial charge in [0.05, 0.1) is 9.99 Å². The van der Waals surface area contributed by atoms with Crippen LogP contribution in [0, 0.1) is 6.92 Å². The lowest BCUT2D eigenvalue weighted by Gasteiger charge is -1.95. The van der Waals surface area contributed by atoms with Crippen molar-refractivity contribution in [3.63, 3.8) is 0 Å². The predicted octanol–water partition coefficient (Wildman–Crippen LogP) is 2.64. The number of fused-ring (bicyclic) bond motifs is 1. The molecular weight excluding hydrogens is 216 g/mol. The second-order valence-corrected chi connectivity index (χ2v) is 3.62. The van der Waals surface area contributed by atoms with Gasteiger partial charge in [0.25, 0.3) is 0 Å². The summed E-state index contributed by atoms with van der Waals surface area (Å²) in [5, 5.41) is 0. The van der Waals surface area contributed by atoms with Gasteiger partial charge in [-0.25, -0.2) is 0 Å². The number of rotatable bonds is 0. The third-order valence-corrected chi connectivity index (χ3v) is 3.13. The zero-order valence-electron chi connectivity index (χ0n) is 7.00. The van der Waals surface area contributed by atoms with Crippen LogP contribution in [-0.2, 0) is 7.05 Å². The highest BCUT2D eigenvalue weighted by Crippen LogP contribution is 2.27. The molecule has 0 amide bonds. The highest BCUT2D eigenvalue weighted by molar-refractivity contribution is 9.10. The van der Waals surface area contributed by atoms with E-state index in [1.807, 2.05) is 19.3 Å². The Morgan fingerprint density at radius 3 is 2.92 bits per heavy atom. The largest absolute Gasteiger partial charge is 0.345 e. The summed E-state index contributed by atoms with van der Waals surface area (Å²) in [5.41, 5.74) is 3.42. The Morgan fingerprint density at radius 1 is 1.50 bits per heavy atom. The summed E-state index contributed by atoms with van der Waals surface area (Å²) in [6, 6.07) is 4.02. The Kier molecular flexibility index (Phi) is 1.68. The molecule has 0 bridgehead atoms. The van der Waals surface area contributed by atoms with Crippen LogP contribution in [0.25, 0.3) is 11.0 Å². The minimum absolute atomic E-state index is 1.04. The van der Waals surface area contributed by atoms with Gasteiger partial charge in [-0.2, -0.15) is 0 Å². The van der Waals surface area contributed by atoms with Gasteiger partial charge in [-0.1, -0.05) is 0 Å². The van der Waals surface area contributed by atoms with E-state index < -0.39 is 0 Å². The molecule has 2 rings (SSSR count). The first-order chi connectivity index (χ1) is 5.72. The van der Waals surface area contributed by atoms with Crippen LogP contribution in [0.5, 0.6) is 0 Å². The summed E-state index contributed by atoms with van der Waals surface area (Å²) in [6.45, 7) is 2.08. The Bertz CT molecular complexity index is 392. The van der Waals surface area contributed by atoms with Crippen molar-refractivity contribution in [3.8, 4) is 0 Å². The van der Waals surface area contributed by atoms with Gasteiger partial charge in [0.2, 0.25) is 0 Å². The van der Waals surface area contributed by atoms with Crippen molar-refractivity contribution in [3.05, 3.63) is 28.5 Å². The number of aryl methyl sites for hydroxylation is 1. The maximum absolute atomic E-state index is 4.29. The molecule has 3 heteroatoms. The molecule has 2 aromatic rings. The molecule has 0 fully saturated rings. The van der Waals surface area contributed by atoms with E-state index in [1.165, 1.54) is 11.2 Å². The lowest BCUT2D eigenvalue weighted by atomic mass is 10.4. The average molecular weight is 225 g/mol. The fourth-order valence-electron chi connectivity index (χ4n) is 1.34. The van der Waals surface area contributed by atoms with Crippen LogP contribution in [0.2, 0.25) is 0 Å². The quantitative estimate of drug-likeness (QED) is 0.673. The fourth-order valence-corrected chi connectivity index (χ4v) is 1.91. The third-order valence-electron chi connectivity index (χ3n) is 2.18. The number of aromatic nitrogens is 2. The number of pyridine rings is 1. The minimum Gasteiger partial charge on any atom is -0.345 e. The van der Waals surface area contributed by atoms with Crippen LogP contribution in [0.1, 0.15) is 5.69 Å². The van der Waals surface area contributed by atoms with Crippen LogP contribution >= 0.6 is 15.9 Å². The summed E-state index contributed by atoms with van der Waals surface area (Å²) in [5.74, 6) is 0. The van der Waals surface area contributed by atoms with Crippen molar-refractivity contribution in [2.24, 2.45) is 7.05 Å². The average Bonchev–Trinajstić information content (AvgIpc) is 2.33. The van der Waals surface area contributed by atoms with Crippen LogP contribution in [0.4, 0.5) is 0 Å². The second-order valence-electron chi connectivity index (χ2n) is 2.83. The fraction of sp³-hybridized carbons (Fsp3) is 0.222. The first-order valence-corrected chi connectivity index (χ1v) is 4.56. The first-order valence-electron chi connectivity index (χ1n) is 3.77. The molecule has 2 aromatic heterocycles. The minimum atomic E-state index is 1.04. The van der Waals surface area contributed by atoms with Gasteiger partial charge in [-0.15, -0.1) is 0 Å². The summed E-state index contributed by atoms with van der Waals surface area (Å²) in [4.78, 5) is 4.29. The van der Waals surface area contributed by atoms with Gasteiger partial charge in [-0.3, -0.25) is 4.98 Å². The summed E-state index contributed by atoms with van der Waals surface area (Å²) in [6.07, 6.45) is 1.81. The molecule has 62 valence electrons. The number of hydrogen-bond acceptors (Lipinski definition) is 1. The standard InChI is InChI=1S/C9H9BrN2/c1-6-8(10)9-7(12(6)2)4-3-5-11-9/h3-5H,1-2H3. The molecular formula is C9H9BrN2. The first kappa shape index (κ1) is 7.80. The van der Waals surface area contributed by atoms with Gasteiger partial charge < -0.3 is 4.57 Å². The molecule has 0 saturated heterocycles. The van der Waals surface area contributed by atoms with Crippen LogP contribution < -0.4 is 0 Å². The van der Waals surface area contributed by atoms with Crippen LogP contribution in [-0.4, -0.2) is 9.55 Å². The smallest absolute Gasteiger partial charge is 0.103 e. The number of nitrogens with zero attached hydrogens (tertiary/aromatic N) is 2. The van der Waals surface area contributed by atoms with Crippen molar-refractivity contribution in [1.82, 2.24) is 9.55 Å². The van der Waals surface area contributed by atoms with E-state index in [2.05, 4.69) is 38.5 Å². The molecule has 0 saturated carbocycles. The molecule has 0 spiro atoms. The second kappa shape index (κ2) is 2.59. The molecule has 0 aliphatic rings. The van der Waals surface area contributed by atoms with Gasteiger partial charge in [0.15, 0.2) is 0 Å². The van der Waals surface area contributed by atoms with Crippen LogP contribution in [0.3, 0.4) is 0 Å². The lowest BCUT2D eigenvalue weighted by Crippen LogP contribution is -1.89. The van der Waals surface area contributed by atoms with E-state index in [0.29, 0.717) is 0 Å². The van der Waals surface area contributed by atoms with E-state index in [0.717, 1.165) is 9.99 Å². The Morgan fingerprint density at radius 2 is 2.25 bits per heavy atom. The zero-order valence-corrected chi connectivity index (χ0v) is 8.59. The molecule has 0 N–H and O–H groups in total. The van der Waals surface area contributed by atoms with E-state index in [9.17, 15) is 0 Å². The van der Waals surface area contributed by atoms with Gasteiger partial charge in [0.1, 0.15) is 5.52 Å². The van der Waals surface area contributed by atoms with Gasteiger partial charge >= 0.3 is 0 Å². The van der Waals surface area contributed by atoms with Crippen molar-refractivity contribution >= 4 is 27.0 Å². The van der Waals surface area contributed by atoms with Crippen molar-refractivity contribution in [1.29, 1.82) is 0 Å². The summed E-state index contributed by atoms with van der Waals surface area (Å²) in [7, 11) is 2.05. The molecule has 0 atom stereocenters. The highest BCUT2D eigenvalue weighted by Gasteiger charge is 2.08. The molecule has 0 unspecified atom stereocenters. The number of halogens is 1. The normalized spacial score (nSPS) is 10.9. The van der Waals surface area contributed by atoms with Gasteiger partial charge in [0, 0.05) is 18.9 Å². The molecule has 0 radical (unpaired) electrons. The Hall–Kier alpha value is -0.830. The number of hydrogen-bond donors (Lipinski definition) is 0. The molecule has 12 heavy (non-hydrogen) atoms. The van der Waals surface area contributed by atoms with E-state index >= 15 is 0 Å². The Balaban J connectivity index is 2.99. The molecule has 2 heterocycles. The van der Waals surface area contributed by atoms with Gasteiger partial charge in [-0.05, 0) is 35.0 Å². The predicted molar refractivity (Wildman–Crippen MR) is 53.2 cm³/mol. The Labute approximate surface area is 79.3 Å². The van der Waals surface area contributed by atoms with Crippen molar-refractivity contribution in [2.45, 2.75) is 6.92 Å². The van der Waals surface area contributed by atoms with E-state index in [-0.39, 0.29) is 0 Å². The molecule has 0 aliphatic carbocycles. The van der Waals surface area contributed by atoms with Crippen molar-refractivity contribution < 1.29 is 0 Å². The highest BCUT2D eigenvalue weighted by atomic mass is 79.9. The monoisotopic (exact) mass is 224 g/mol. The lowest BCUT2D eigenvalue weighted by molar-refractivity contribution is 0.914. The molecule has 0 aliphatic heterocycles.